The van der Waals surface area contributed by atoms with Gasteiger partial charge in [-0.3, -0.25) is 14.5 Å². The number of hydrogen-bond donors (Lipinski definition) is 1. The zero-order chi connectivity index (χ0) is 18.8. The molecule has 3 rings (SSSR count). The van der Waals surface area contributed by atoms with Crippen LogP contribution in [0.5, 0.6) is 5.75 Å². The van der Waals surface area contributed by atoms with E-state index in [1.54, 1.807) is 50.4 Å². The van der Waals surface area contributed by atoms with Crippen molar-refractivity contribution in [2.45, 2.75) is 13.8 Å². The molecule has 134 valence electrons. The Morgan fingerprint density at radius 1 is 1.08 bits per heavy atom. The van der Waals surface area contributed by atoms with Gasteiger partial charge in [-0.2, -0.15) is 0 Å². The summed E-state index contributed by atoms with van der Waals surface area (Å²) in [4.78, 5) is 26.8. The van der Waals surface area contributed by atoms with Crippen LogP contribution in [-0.4, -0.2) is 30.4 Å². The SMILES string of the molecule is CCN1C(=O)C(Nc2cc(Cl)ccc2C)=C(c2ccc(OC)cc2)C1=O. The third-order valence-corrected chi connectivity index (χ3v) is 4.56. The van der Waals surface area contributed by atoms with Crippen LogP contribution in [-0.2, 0) is 9.59 Å². The number of ether oxygens (including phenoxy) is 1. The van der Waals surface area contributed by atoms with Crippen LogP contribution in [0.3, 0.4) is 0 Å². The van der Waals surface area contributed by atoms with Crippen LogP contribution in [0.1, 0.15) is 18.1 Å². The number of aryl methyl sites for hydroxylation is 1. The molecule has 1 heterocycles. The van der Waals surface area contributed by atoms with Crippen LogP contribution in [0.2, 0.25) is 5.02 Å². The molecule has 2 aromatic carbocycles. The number of halogens is 1. The number of hydrogen-bond acceptors (Lipinski definition) is 4. The summed E-state index contributed by atoms with van der Waals surface area (Å²) >= 11 is 6.08. The lowest BCUT2D eigenvalue weighted by atomic mass is 10.0. The molecule has 0 aromatic heterocycles. The van der Waals surface area contributed by atoms with Crippen LogP contribution >= 0.6 is 11.6 Å². The van der Waals surface area contributed by atoms with Crippen LogP contribution in [0, 0.1) is 6.92 Å². The van der Waals surface area contributed by atoms with Crippen molar-refractivity contribution in [2.75, 3.05) is 19.0 Å². The van der Waals surface area contributed by atoms with Gasteiger partial charge in [-0.05, 0) is 49.2 Å². The van der Waals surface area contributed by atoms with Crippen molar-refractivity contribution in [1.82, 2.24) is 4.90 Å². The molecular weight excluding hydrogens is 352 g/mol. The van der Waals surface area contributed by atoms with E-state index in [1.807, 2.05) is 13.0 Å². The summed E-state index contributed by atoms with van der Waals surface area (Å²) < 4.78 is 5.16. The van der Waals surface area contributed by atoms with E-state index >= 15 is 0 Å². The lowest BCUT2D eigenvalue weighted by molar-refractivity contribution is -0.136. The average molecular weight is 371 g/mol. The number of carbonyl (C=O) groups is 2. The number of anilines is 1. The van der Waals surface area contributed by atoms with Gasteiger partial charge in [-0.1, -0.05) is 29.8 Å². The Balaban J connectivity index is 2.10. The highest BCUT2D eigenvalue weighted by atomic mass is 35.5. The molecule has 0 bridgehead atoms. The van der Waals surface area contributed by atoms with Crippen molar-refractivity contribution in [1.29, 1.82) is 0 Å². The lowest BCUT2D eigenvalue weighted by Crippen LogP contribution is -2.32. The maximum absolute atomic E-state index is 12.8. The van der Waals surface area contributed by atoms with E-state index in [9.17, 15) is 9.59 Å². The highest BCUT2D eigenvalue weighted by molar-refractivity contribution is 6.36. The first-order valence-corrected chi connectivity index (χ1v) is 8.62. The van der Waals surface area contributed by atoms with Gasteiger partial charge in [-0.25, -0.2) is 0 Å². The molecule has 2 aromatic rings. The standard InChI is InChI=1S/C20H19ClN2O3/c1-4-23-19(24)17(13-6-9-15(26-3)10-7-13)18(20(23)25)22-16-11-14(21)8-5-12(16)2/h5-11,22H,4H2,1-3H3. The first-order chi connectivity index (χ1) is 12.5. The van der Waals surface area contributed by atoms with E-state index in [4.69, 9.17) is 16.3 Å². The Hall–Kier alpha value is -2.79. The molecule has 6 heteroatoms. The normalized spacial score (nSPS) is 14.2. The Kier molecular flexibility index (Phi) is 5.00. The number of methoxy groups -OCH3 is 1. The van der Waals surface area contributed by atoms with E-state index in [0.29, 0.717) is 34.1 Å². The zero-order valence-electron chi connectivity index (χ0n) is 14.8. The molecule has 0 unspecified atom stereocenters. The monoisotopic (exact) mass is 370 g/mol. The van der Waals surface area contributed by atoms with Gasteiger partial charge < -0.3 is 10.1 Å². The number of nitrogens with zero attached hydrogens (tertiary/aromatic N) is 1. The van der Waals surface area contributed by atoms with Gasteiger partial charge in [0.1, 0.15) is 11.4 Å². The molecule has 1 N–H and O–H groups in total. The molecule has 0 saturated carbocycles. The molecule has 26 heavy (non-hydrogen) atoms. The summed E-state index contributed by atoms with van der Waals surface area (Å²) in [7, 11) is 1.58. The van der Waals surface area contributed by atoms with E-state index < -0.39 is 0 Å². The second-order valence-corrected chi connectivity index (χ2v) is 6.35. The summed E-state index contributed by atoms with van der Waals surface area (Å²) in [5, 5.41) is 3.67. The maximum atomic E-state index is 12.8. The highest BCUT2D eigenvalue weighted by Crippen LogP contribution is 2.32. The van der Waals surface area contributed by atoms with Crippen LogP contribution in [0.25, 0.3) is 5.57 Å². The van der Waals surface area contributed by atoms with Crippen LogP contribution in [0.4, 0.5) is 5.69 Å². The number of imide groups is 1. The molecule has 0 saturated heterocycles. The predicted molar refractivity (Wildman–Crippen MR) is 102 cm³/mol. The average Bonchev–Trinajstić information content (AvgIpc) is 2.88. The van der Waals surface area contributed by atoms with Gasteiger partial charge in [0.25, 0.3) is 11.8 Å². The second-order valence-electron chi connectivity index (χ2n) is 5.92. The van der Waals surface area contributed by atoms with Gasteiger partial charge >= 0.3 is 0 Å². The summed E-state index contributed by atoms with van der Waals surface area (Å²) in [6.07, 6.45) is 0. The molecular formula is C20H19ClN2O3. The Morgan fingerprint density at radius 2 is 1.77 bits per heavy atom. The molecule has 0 aliphatic carbocycles. The first-order valence-electron chi connectivity index (χ1n) is 8.24. The van der Waals surface area contributed by atoms with E-state index in [2.05, 4.69) is 5.32 Å². The summed E-state index contributed by atoms with van der Waals surface area (Å²) in [6.45, 7) is 3.98. The summed E-state index contributed by atoms with van der Waals surface area (Å²) in [5.74, 6) is 0.0196. The van der Waals surface area contributed by atoms with Gasteiger partial charge in [0, 0.05) is 17.3 Å². The third kappa shape index (κ3) is 3.18. The molecule has 0 fully saturated rings. The van der Waals surface area contributed by atoms with Crippen molar-refractivity contribution in [3.8, 4) is 5.75 Å². The number of rotatable bonds is 5. The molecule has 5 nitrogen and oxygen atoms in total. The van der Waals surface area contributed by atoms with E-state index in [-0.39, 0.29) is 17.5 Å². The van der Waals surface area contributed by atoms with E-state index in [1.165, 1.54) is 4.90 Å². The van der Waals surface area contributed by atoms with Crippen LogP contribution in [0.15, 0.2) is 48.2 Å². The molecule has 2 amide bonds. The van der Waals surface area contributed by atoms with Gasteiger partial charge in [0.05, 0.1) is 12.7 Å². The topological polar surface area (TPSA) is 58.6 Å². The quantitative estimate of drug-likeness (QED) is 0.812. The Bertz CT molecular complexity index is 904. The molecule has 1 aliphatic heterocycles. The fourth-order valence-corrected chi connectivity index (χ4v) is 3.04. The van der Waals surface area contributed by atoms with Crippen molar-refractivity contribution < 1.29 is 14.3 Å². The number of carbonyl (C=O) groups excluding carboxylic acids is 2. The highest BCUT2D eigenvalue weighted by Gasteiger charge is 2.38. The summed E-state index contributed by atoms with van der Waals surface area (Å²) in [6, 6.07) is 12.4. The third-order valence-electron chi connectivity index (χ3n) is 4.32. The fourth-order valence-electron chi connectivity index (χ4n) is 2.87. The number of nitrogens with one attached hydrogen (secondary N) is 1. The van der Waals surface area contributed by atoms with Gasteiger partial charge in [0.2, 0.25) is 0 Å². The fraction of sp³-hybridized carbons (Fsp3) is 0.200. The number of amides is 2. The minimum Gasteiger partial charge on any atom is -0.497 e. The van der Waals surface area contributed by atoms with Gasteiger partial charge in [-0.15, -0.1) is 0 Å². The van der Waals surface area contributed by atoms with Crippen molar-refractivity contribution in [3.63, 3.8) is 0 Å². The molecule has 0 spiro atoms. The lowest BCUT2D eigenvalue weighted by Gasteiger charge is -2.13. The zero-order valence-corrected chi connectivity index (χ0v) is 15.6. The Labute approximate surface area is 157 Å². The van der Waals surface area contributed by atoms with Crippen molar-refractivity contribution in [3.05, 3.63) is 64.3 Å². The first kappa shape index (κ1) is 18.0. The largest absolute Gasteiger partial charge is 0.497 e. The number of benzene rings is 2. The van der Waals surface area contributed by atoms with Crippen LogP contribution < -0.4 is 10.1 Å². The van der Waals surface area contributed by atoms with Gasteiger partial charge in [0.15, 0.2) is 0 Å². The second kappa shape index (κ2) is 7.22. The Morgan fingerprint density at radius 3 is 2.38 bits per heavy atom. The van der Waals surface area contributed by atoms with E-state index in [0.717, 1.165) is 5.56 Å². The minimum absolute atomic E-state index is 0.257. The summed E-state index contributed by atoms with van der Waals surface area (Å²) in [5.41, 5.74) is 2.87. The molecule has 0 atom stereocenters. The minimum atomic E-state index is -0.345. The molecule has 1 aliphatic rings. The smallest absolute Gasteiger partial charge is 0.278 e. The van der Waals surface area contributed by atoms with Crippen molar-refractivity contribution >= 4 is 34.7 Å². The van der Waals surface area contributed by atoms with Crippen molar-refractivity contribution in [2.24, 2.45) is 0 Å². The molecule has 0 radical (unpaired) electrons. The maximum Gasteiger partial charge on any atom is 0.278 e. The predicted octanol–water partition coefficient (Wildman–Crippen LogP) is 3.87. The number of likely N-dealkylation sites (N-methyl/N-ethyl adjacent to an activating group) is 1.